The van der Waals surface area contributed by atoms with Crippen LogP contribution in [0.25, 0.3) is 11.3 Å². The van der Waals surface area contributed by atoms with Gasteiger partial charge in [0.25, 0.3) is 0 Å². The van der Waals surface area contributed by atoms with Crippen molar-refractivity contribution in [3.8, 4) is 17.0 Å². The third-order valence-electron chi connectivity index (χ3n) is 3.22. The predicted molar refractivity (Wildman–Crippen MR) is 94.3 cm³/mol. The van der Waals surface area contributed by atoms with Crippen LogP contribution in [0.5, 0.6) is 5.75 Å². The van der Waals surface area contributed by atoms with Gasteiger partial charge in [0.15, 0.2) is 5.13 Å². The van der Waals surface area contributed by atoms with Gasteiger partial charge >= 0.3 is 6.03 Å². The Morgan fingerprint density at radius 1 is 1.33 bits per heavy atom. The lowest BCUT2D eigenvalue weighted by Gasteiger charge is -2.10. The van der Waals surface area contributed by atoms with Crippen molar-refractivity contribution in [1.82, 2.24) is 10.3 Å². The first-order valence-corrected chi connectivity index (χ1v) is 8.29. The zero-order valence-corrected chi connectivity index (χ0v) is 14.6. The van der Waals surface area contributed by atoms with Crippen LogP contribution in [0.2, 0.25) is 0 Å². The molecule has 0 aliphatic heterocycles. The Balaban J connectivity index is 2.12. The van der Waals surface area contributed by atoms with Gasteiger partial charge in [-0.3, -0.25) is 4.79 Å². The minimum atomic E-state index is -0.747. The molecule has 0 aliphatic rings. The molecule has 1 atom stereocenters. The maximum atomic E-state index is 12.0. The molecule has 1 aromatic heterocycles. The highest BCUT2D eigenvalue weighted by molar-refractivity contribution is 7.16. The normalized spacial score (nSPS) is 11.6. The van der Waals surface area contributed by atoms with Gasteiger partial charge in [0.1, 0.15) is 11.8 Å². The second-order valence-corrected chi connectivity index (χ2v) is 6.30. The molecule has 0 spiro atoms. The molecule has 0 radical (unpaired) electrons. The van der Waals surface area contributed by atoms with E-state index in [4.69, 9.17) is 10.5 Å². The van der Waals surface area contributed by atoms with E-state index in [1.54, 1.807) is 6.92 Å². The van der Waals surface area contributed by atoms with E-state index in [0.29, 0.717) is 11.7 Å². The highest BCUT2D eigenvalue weighted by Gasteiger charge is 2.17. The van der Waals surface area contributed by atoms with E-state index in [9.17, 15) is 9.59 Å². The van der Waals surface area contributed by atoms with Crippen LogP contribution in [0, 0.1) is 6.92 Å². The smallest absolute Gasteiger partial charge is 0.312 e. The Bertz CT molecular complexity index is 727. The van der Waals surface area contributed by atoms with Crippen molar-refractivity contribution in [2.24, 2.45) is 5.73 Å². The number of benzene rings is 1. The monoisotopic (exact) mass is 348 g/mol. The molecule has 0 bridgehead atoms. The average molecular weight is 348 g/mol. The zero-order chi connectivity index (χ0) is 17.7. The lowest BCUT2D eigenvalue weighted by atomic mass is 10.1. The van der Waals surface area contributed by atoms with Crippen molar-refractivity contribution < 1.29 is 14.3 Å². The summed E-state index contributed by atoms with van der Waals surface area (Å²) in [6.07, 6.45) is 0. The molecule has 2 rings (SSSR count). The van der Waals surface area contributed by atoms with Crippen LogP contribution in [0.3, 0.4) is 0 Å². The SMILES string of the molecule is CCOc1ccc(-c2nc(NC(=O)C(C)NC(N)=O)sc2C)cc1. The summed E-state index contributed by atoms with van der Waals surface area (Å²) in [6, 6.07) is 6.14. The van der Waals surface area contributed by atoms with Crippen LogP contribution in [0.15, 0.2) is 24.3 Å². The summed E-state index contributed by atoms with van der Waals surface area (Å²) in [5.41, 5.74) is 6.75. The van der Waals surface area contributed by atoms with Gasteiger partial charge in [-0.2, -0.15) is 0 Å². The molecular formula is C16H20N4O3S. The summed E-state index contributed by atoms with van der Waals surface area (Å²) < 4.78 is 5.42. The molecule has 0 fully saturated rings. The van der Waals surface area contributed by atoms with Crippen molar-refractivity contribution >= 4 is 28.4 Å². The van der Waals surface area contributed by atoms with Crippen molar-refractivity contribution in [3.05, 3.63) is 29.1 Å². The van der Waals surface area contributed by atoms with Crippen LogP contribution in [0.1, 0.15) is 18.7 Å². The number of hydrogen-bond donors (Lipinski definition) is 3. The maximum Gasteiger partial charge on any atom is 0.312 e. The number of urea groups is 1. The highest BCUT2D eigenvalue weighted by atomic mass is 32.1. The van der Waals surface area contributed by atoms with Crippen molar-refractivity contribution in [1.29, 1.82) is 0 Å². The number of aromatic nitrogens is 1. The fourth-order valence-corrected chi connectivity index (χ4v) is 2.92. The van der Waals surface area contributed by atoms with Gasteiger partial charge in [-0.1, -0.05) is 0 Å². The summed E-state index contributed by atoms with van der Waals surface area (Å²) in [6.45, 7) is 6.03. The van der Waals surface area contributed by atoms with Crippen LogP contribution < -0.4 is 21.1 Å². The van der Waals surface area contributed by atoms with Gasteiger partial charge in [0.2, 0.25) is 5.91 Å². The number of carbonyl (C=O) groups is 2. The van der Waals surface area contributed by atoms with E-state index < -0.39 is 12.1 Å². The fourth-order valence-electron chi connectivity index (χ4n) is 2.09. The van der Waals surface area contributed by atoms with Gasteiger partial charge in [-0.25, -0.2) is 9.78 Å². The molecule has 8 heteroatoms. The van der Waals surface area contributed by atoms with Gasteiger partial charge in [0.05, 0.1) is 12.3 Å². The summed E-state index contributed by atoms with van der Waals surface area (Å²) in [4.78, 5) is 28.2. The number of hydrogen-bond acceptors (Lipinski definition) is 5. The van der Waals surface area contributed by atoms with E-state index in [2.05, 4.69) is 15.6 Å². The second kappa shape index (κ2) is 7.78. The largest absolute Gasteiger partial charge is 0.494 e. The Morgan fingerprint density at radius 2 is 2.00 bits per heavy atom. The predicted octanol–water partition coefficient (Wildman–Crippen LogP) is 2.51. The number of anilines is 1. The number of nitrogens with one attached hydrogen (secondary N) is 2. The lowest BCUT2D eigenvalue weighted by Crippen LogP contribution is -2.44. The summed E-state index contributed by atoms with van der Waals surface area (Å²) in [5, 5.41) is 5.48. The van der Waals surface area contributed by atoms with Gasteiger partial charge < -0.3 is 21.1 Å². The van der Waals surface area contributed by atoms with Crippen molar-refractivity contribution in [3.63, 3.8) is 0 Å². The topological polar surface area (TPSA) is 106 Å². The first-order chi connectivity index (χ1) is 11.4. The number of nitrogens with zero attached hydrogens (tertiary/aromatic N) is 1. The summed E-state index contributed by atoms with van der Waals surface area (Å²) in [7, 11) is 0. The molecule has 1 heterocycles. The van der Waals surface area contributed by atoms with Crippen LogP contribution in [-0.4, -0.2) is 29.6 Å². The molecule has 128 valence electrons. The molecule has 4 N–H and O–H groups in total. The third-order valence-corrected chi connectivity index (χ3v) is 4.10. The number of amides is 3. The van der Waals surface area contributed by atoms with E-state index in [1.807, 2.05) is 38.1 Å². The Kier molecular flexibility index (Phi) is 5.75. The third kappa shape index (κ3) is 4.45. The minimum absolute atomic E-state index is 0.374. The minimum Gasteiger partial charge on any atom is -0.494 e. The second-order valence-electron chi connectivity index (χ2n) is 5.10. The Hall–Kier alpha value is -2.61. The maximum absolute atomic E-state index is 12.0. The number of thiazole rings is 1. The molecule has 0 saturated carbocycles. The molecule has 0 aliphatic carbocycles. The van der Waals surface area contributed by atoms with E-state index in [0.717, 1.165) is 21.9 Å². The van der Waals surface area contributed by atoms with E-state index in [1.165, 1.54) is 11.3 Å². The number of ether oxygens (including phenoxy) is 1. The molecule has 7 nitrogen and oxygen atoms in total. The number of rotatable bonds is 6. The summed E-state index contributed by atoms with van der Waals surface area (Å²) in [5.74, 6) is 0.426. The molecule has 3 amide bonds. The molecule has 2 aromatic rings. The number of primary amides is 1. The average Bonchev–Trinajstić information content (AvgIpc) is 2.88. The molecule has 1 unspecified atom stereocenters. The van der Waals surface area contributed by atoms with Crippen molar-refractivity contribution in [2.75, 3.05) is 11.9 Å². The highest BCUT2D eigenvalue weighted by Crippen LogP contribution is 2.31. The first-order valence-electron chi connectivity index (χ1n) is 7.48. The Labute approximate surface area is 144 Å². The van der Waals surface area contributed by atoms with Gasteiger partial charge in [-0.05, 0) is 45.0 Å². The van der Waals surface area contributed by atoms with Crippen LogP contribution >= 0.6 is 11.3 Å². The quantitative estimate of drug-likeness (QED) is 0.745. The standard InChI is InChI=1S/C16H20N4O3S/c1-4-23-12-7-5-11(6-8-12)13-10(3)24-16(19-13)20-14(21)9(2)18-15(17)22/h5-9H,4H2,1-3H3,(H3,17,18,22)(H,19,20,21). The van der Waals surface area contributed by atoms with Crippen LogP contribution in [0.4, 0.5) is 9.93 Å². The summed E-state index contributed by atoms with van der Waals surface area (Å²) >= 11 is 1.37. The van der Waals surface area contributed by atoms with Gasteiger partial charge in [-0.15, -0.1) is 11.3 Å². The molecule has 24 heavy (non-hydrogen) atoms. The van der Waals surface area contributed by atoms with Crippen LogP contribution in [-0.2, 0) is 4.79 Å². The lowest BCUT2D eigenvalue weighted by molar-refractivity contribution is -0.117. The van der Waals surface area contributed by atoms with E-state index in [-0.39, 0.29) is 5.91 Å². The number of nitrogens with two attached hydrogens (primary N) is 1. The molecular weight excluding hydrogens is 328 g/mol. The molecule has 1 aromatic carbocycles. The fraction of sp³-hybridized carbons (Fsp3) is 0.312. The number of aryl methyl sites for hydroxylation is 1. The first kappa shape index (κ1) is 17.7. The van der Waals surface area contributed by atoms with Crippen molar-refractivity contribution in [2.45, 2.75) is 26.8 Å². The van der Waals surface area contributed by atoms with E-state index >= 15 is 0 Å². The zero-order valence-electron chi connectivity index (χ0n) is 13.8. The number of carbonyl (C=O) groups excluding carboxylic acids is 2. The molecule has 0 saturated heterocycles. The Morgan fingerprint density at radius 3 is 2.58 bits per heavy atom. The van der Waals surface area contributed by atoms with Gasteiger partial charge in [0, 0.05) is 10.4 Å².